The molecule has 128 valence electrons. The third-order valence-corrected chi connectivity index (χ3v) is 4.01. The number of hydrogen-bond acceptors (Lipinski definition) is 3. The van der Waals surface area contributed by atoms with Crippen LogP contribution in [0.25, 0.3) is 0 Å². The maximum atomic E-state index is 12.5. The van der Waals surface area contributed by atoms with Gasteiger partial charge in [-0.25, -0.2) is 0 Å². The van der Waals surface area contributed by atoms with Crippen LogP contribution in [0, 0.1) is 11.3 Å². The van der Waals surface area contributed by atoms with Gasteiger partial charge in [0.1, 0.15) is 5.69 Å². The molecule has 0 unspecified atom stereocenters. The van der Waals surface area contributed by atoms with Crippen LogP contribution >= 0.6 is 0 Å². The van der Waals surface area contributed by atoms with E-state index in [2.05, 4.69) is 16.4 Å². The van der Waals surface area contributed by atoms with Gasteiger partial charge >= 0.3 is 6.18 Å². The van der Waals surface area contributed by atoms with Crippen LogP contribution in [0.15, 0.2) is 36.5 Å². The van der Waals surface area contributed by atoms with Crippen LogP contribution in [0.1, 0.15) is 51.5 Å². The van der Waals surface area contributed by atoms with E-state index in [9.17, 15) is 18.0 Å². The Labute approximate surface area is 142 Å². The molecule has 1 saturated carbocycles. The van der Waals surface area contributed by atoms with E-state index in [0.717, 1.165) is 30.7 Å². The predicted octanol–water partition coefficient (Wildman–Crippen LogP) is 3.78. The summed E-state index contributed by atoms with van der Waals surface area (Å²) in [5.74, 6) is -0.0203. The fraction of sp³-hybridized carbons (Fsp3) is 0.278. The van der Waals surface area contributed by atoms with Crippen molar-refractivity contribution < 1.29 is 18.0 Å². The number of benzene rings is 1. The molecule has 3 rings (SSSR count). The van der Waals surface area contributed by atoms with Gasteiger partial charge in [-0.1, -0.05) is 6.07 Å². The highest BCUT2D eigenvalue weighted by atomic mass is 19.4. The summed E-state index contributed by atoms with van der Waals surface area (Å²) < 4.78 is 37.5. The summed E-state index contributed by atoms with van der Waals surface area (Å²) >= 11 is 0. The van der Waals surface area contributed by atoms with Crippen molar-refractivity contribution in [2.45, 2.75) is 31.5 Å². The molecular formula is C18H14F3N3O. The Hall–Kier alpha value is -2.88. The minimum Gasteiger partial charge on any atom is -0.348 e. The number of nitrogens with zero attached hydrogens (tertiary/aromatic N) is 2. The van der Waals surface area contributed by atoms with Crippen molar-refractivity contribution >= 4 is 5.91 Å². The zero-order valence-electron chi connectivity index (χ0n) is 13.1. The number of halogens is 3. The van der Waals surface area contributed by atoms with Crippen molar-refractivity contribution in [3.8, 4) is 6.07 Å². The largest absolute Gasteiger partial charge is 0.433 e. The van der Waals surface area contributed by atoms with Crippen molar-refractivity contribution in [3.63, 3.8) is 0 Å². The maximum Gasteiger partial charge on any atom is 0.433 e. The maximum absolute atomic E-state index is 12.5. The van der Waals surface area contributed by atoms with E-state index in [4.69, 9.17) is 5.26 Å². The van der Waals surface area contributed by atoms with E-state index < -0.39 is 11.9 Å². The smallest absolute Gasteiger partial charge is 0.348 e. The SMILES string of the molecule is N#Cc1ccc(C(=O)NCc2ccc(C(F)(F)F)nc2)c(C2CC2)c1. The Morgan fingerprint density at radius 1 is 1.28 bits per heavy atom. The number of alkyl halides is 3. The fourth-order valence-corrected chi connectivity index (χ4v) is 2.55. The lowest BCUT2D eigenvalue weighted by Gasteiger charge is -2.11. The topological polar surface area (TPSA) is 65.8 Å². The van der Waals surface area contributed by atoms with Crippen molar-refractivity contribution in [2.24, 2.45) is 0 Å². The van der Waals surface area contributed by atoms with Crippen molar-refractivity contribution in [1.82, 2.24) is 10.3 Å². The highest BCUT2D eigenvalue weighted by Crippen LogP contribution is 2.42. The van der Waals surface area contributed by atoms with Gasteiger partial charge in [-0.2, -0.15) is 18.4 Å². The van der Waals surface area contributed by atoms with Gasteiger partial charge in [0.15, 0.2) is 0 Å². The molecule has 7 heteroatoms. The average Bonchev–Trinajstić information content (AvgIpc) is 3.43. The Kier molecular flexibility index (Phi) is 4.45. The van der Waals surface area contributed by atoms with E-state index >= 15 is 0 Å². The zero-order valence-corrected chi connectivity index (χ0v) is 13.1. The Balaban J connectivity index is 1.70. The van der Waals surface area contributed by atoms with Gasteiger partial charge in [-0.3, -0.25) is 9.78 Å². The molecule has 1 aliphatic carbocycles. The number of carbonyl (C=O) groups excluding carboxylic acids is 1. The Bertz CT molecular complexity index is 834. The highest BCUT2D eigenvalue weighted by Gasteiger charge is 2.32. The second kappa shape index (κ2) is 6.55. The fourth-order valence-electron chi connectivity index (χ4n) is 2.55. The Morgan fingerprint density at radius 3 is 2.60 bits per heavy atom. The van der Waals surface area contributed by atoms with Crippen LogP contribution in [0.4, 0.5) is 13.2 Å². The molecule has 1 heterocycles. The number of carbonyl (C=O) groups is 1. The molecule has 4 nitrogen and oxygen atoms in total. The second-order valence-electron chi connectivity index (χ2n) is 5.92. The second-order valence-corrected chi connectivity index (χ2v) is 5.92. The molecule has 1 aliphatic rings. The predicted molar refractivity (Wildman–Crippen MR) is 83.5 cm³/mol. The van der Waals surface area contributed by atoms with E-state index in [-0.39, 0.29) is 12.5 Å². The van der Waals surface area contributed by atoms with Crippen LogP contribution in [0.5, 0.6) is 0 Å². The molecule has 0 bridgehead atoms. The molecule has 1 amide bonds. The monoisotopic (exact) mass is 345 g/mol. The number of nitriles is 1. The first-order valence-electron chi connectivity index (χ1n) is 7.73. The molecule has 1 N–H and O–H groups in total. The minimum absolute atomic E-state index is 0.0775. The molecule has 1 aromatic heterocycles. The van der Waals surface area contributed by atoms with E-state index in [1.54, 1.807) is 18.2 Å². The normalized spacial score (nSPS) is 14.0. The van der Waals surface area contributed by atoms with Gasteiger partial charge in [0.05, 0.1) is 11.6 Å². The third-order valence-electron chi connectivity index (χ3n) is 4.01. The molecule has 2 aromatic rings. The van der Waals surface area contributed by atoms with Crippen LogP contribution in [0.3, 0.4) is 0 Å². The number of pyridine rings is 1. The van der Waals surface area contributed by atoms with Gasteiger partial charge in [0.25, 0.3) is 5.91 Å². The van der Waals surface area contributed by atoms with Gasteiger partial charge < -0.3 is 5.32 Å². The van der Waals surface area contributed by atoms with Crippen LogP contribution in [0.2, 0.25) is 0 Å². The number of amides is 1. The summed E-state index contributed by atoms with van der Waals surface area (Å²) in [5, 5.41) is 11.7. The lowest BCUT2D eigenvalue weighted by atomic mass is 10.00. The Morgan fingerprint density at radius 2 is 2.04 bits per heavy atom. The van der Waals surface area contributed by atoms with E-state index in [1.165, 1.54) is 6.07 Å². The molecule has 0 aliphatic heterocycles. The minimum atomic E-state index is -4.48. The van der Waals surface area contributed by atoms with Gasteiger partial charge in [0, 0.05) is 18.3 Å². The molecule has 0 spiro atoms. The number of rotatable bonds is 4. The lowest BCUT2D eigenvalue weighted by Crippen LogP contribution is -2.24. The van der Waals surface area contributed by atoms with Crippen molar-refractivity contribution in [1.29, 1.82) is 5.26 Å². The highest BCUT2D eigenvalue weighted by molar-refractivity contribution is 5.96. The van der Waals surface area contributed by atoms with E-state index in [0.29, 0.717) is 22.6 Å². The quantitative estimate of drug-likeness (QED) is 0.917. The molecule has 0 radical (unpaired) electrons. The molecular weight excluding hydrogens is 331 g/mol. The van der Waals surface area contributed by atoms with E-state index in [1.807, 2.05) is 0 Å². The van der Waals surface area contributed by atoms with Gasteiger partial charge in [0.2, 0.25) is 0 Å². The zero-order chi connectivity index (χ0) is 18.0. The third kappa shape index (κ3) is 3.97. The first-order chi connectivity index (χ1) is 11.9. The molecule has 1 aromatic carbocycles. The summed E-state index contributed by atoms with van der Waals surface area (Å²) in [4.78, 5) is 15.8. The molecule has 25 heavy (non-hydrogen) atoms. The number of aromatic nitrogens is 1. The van der Waals surface area contributed by atoms with Crippen molar-refractivity contribution in [2.75, 3.05) is 0 Å². The van der Waals surface area contributed by atoms with Crippen LogP contribution in [-0.4, -0.2) is 10.9 Å². The number of nitrogens with one attached hydrogen (secondary N) is 1. The summed E-state index contributed by atoms with van der Waals surface area (Å²) in [6.45, 7) is 0.0775. The summed E-state index contributed by atoms with van der Waals surface area (Å²) in [7, 11) is 0. The van der Waals surface area contributed by atoms with Crippen LogP contribution < -0.4 is 5.32 Å². The average molecular weight is 345 g/mol. The van der Waals surface area contributed by atoms with Crippen molar-refractivity contribution in [3.05, 3.63) is 64.5 Å². The van der Waals surface area contributed by atoms with Gasteiger partial charge in [-0.05, 0) is 54.2 Å². The summed E-state index contributed by atoms with van der Waals surface area (Å²) in [6.07, 6.45) is -1.41. The number of hydrogen-bond donors (Lipinski definition) is 1. The lowest BCUT2D eigenvalue weighted by molar-refractivity contribution is -0.141. The van der Waals surface area contributed by atoms with Crippen LogP contribution in [-0.2, 0) is 12.7 Å². The first-order valence-corrected chi connectivity index (χ1v) is 7.73. The molecule has 1 fully saturated rings. The molecule has 0 saturated heterocycles. The molecule has 0 atom stereocenters. The van der Waals surface area contributed by atoms with Gasteiger partial charge in [-0.15, -0.1) is 0 Å². The summed E-state index contributed by atoms with van der Waals surface area (Å²) in [6, 6.07) is 9.17. The summed E-state index contributed by atoms with van der Waals surface area (Å²) in [5.41, 5.74) is 1.36. The first kappa shape index (κ1) is 17.0. The standard InChI is InChI=1S/C18H14F3N3O/c19-18(20,21)16-6-2-12(9-23-16)10-24-17(25)14-5-1-11(8-22)7-15(14)13-3-4-13/h1-2,5-7,9,13H,3-4,10H2,(H,24,25).